The van der Waals surface area contributed by atoms with E-state index in [1.54, 1.807) is 6.92 Å². The molecule has 0 aliphatic rings. The highest BCUT2D eigenvalue weighted by molar-refractivity contribution is 9.10. The predicted octanol–water partition coefficient (Wildman–Crippen LogP) is 2.82. The van der Waals surface area contributed by atoms with Crippen LogP contribution in [0, 0.1) is 11.7 Å². The number of hydrogen-bond donors (Lipinski definition) is 3. The molecule has 0 heterocycles. The van der Waals surface area contributed by atoms with Crippen LogP contribution in [-0.2, 0) is 4.79 Å². The first-order chi connectivity index (χ1) is 8.88. The van der Waals surface area contributed by atoms with Crippen molar-refractivity contribution in [1.82, 2.24) is 5.32 Å². The maximum atomic E-state index is 13.0. The Bertz CT molecular complexity index is 482. The van der Waals surface area contributed by atoms with E-state index >= 15 is 0 Å². The van der Waals surface area contributed by atoms with Gasteiger partial charge in [0.1, 0.15) is 5.82 Å². The molecular weight excluding hydrogens is 319 g/mol. The number of benzene rings is 1. The van der Waals surface area contributed by atoms with Crippen LogP contribution in [0.1, 0.15) is 13.3 Å². The van der Waals surface area contributed by atoms with Gasteiger partial charge in [-0.1, -0.05) is 6.92 Å². The first-order valence-corrected chi connectivity index (χ1v) is 6.39. The average Bonchev–Trinajstić information content (AvgIpc) is 2.30. The molecule has 1 aromatic carbocycles. The maximum Gasteiger partial charge on any atom is 0.319 e. The highest BCUT2D eigenvalue weighted by Gasteiger charge is 2.10. The molecule has 0 bridgehead atoms. The van der Waals surface area contributed by atoms with Crippen LogP contribution in [0.2, 0.25) is 0 Å². The van der Waals surface area contributed by atoms with Gasteiger partial charge >= 0.3 is 12.0 Å². The summed E-state index contributed by atoms with van der Waals surface area (Å²) < 4.78 is 13.6. The molecular formula is C12H14BrFN2O3. The summed E-state index contributed by atoms with van der Waals surface area (Å²) in [6.07, 6.45) is -0.0239. The van der Waals surface area contributed by atoms with E-state index in [1.165, 1.54) is 18.2 Å². The molecule has 7 heteroatoms. The Morgan fingerprint density at radius 1 is 1.47 bits per heavy atom. The molecule has 2 amide bonds. The molecule has 0 saturated carbocycles. The SMILES string of the molecule is CC(CNC(=O)Nc1cc(F)ccc1Br)CC(=O)O. The minimum absolute atomic E-state index is 0.0239. The summed E-state index contributed by atoms with van der Waals surface area (Å²) in [5.41, 5.74) is 0.309. The topological polar surface area (TPSA) is 78.4 Å². The van der Waals surface area contributed by atoms with Gasteiger partial charge in [-0.15, -0.1) is 0 Å². The van der Waals surface area contributed by atoms with Crippen molar-refractivity contribution >= 4 is 33.6 Å². The van der Waals surface area contributed by atoms with Crippen LogP contribution in [0.5, 0.6) is 0 Å². The first kappa shape index (κ1) is 15.4. The molecule has 0 aromatic heterocycles. The zero-order valence-corrected chi connectivity index (χ0v) is 11.8. The third-order valence-corrected chi connectivity index (χ3v) is 3.00. The van der Waals surface area contributed by atoms with Gasteiger partial charge in [-0.05, 0) is 40.0 Å². The van der Waals surface area contributed by atoms with E-state index in [0.717, 1.165) is 0 Å². The fourth-order valence-electron chi connectivity index (χ4n) is 1.40. The Morgan fingerprint density at radius 3 is 2.79 bits per heavy atom. The second kappa shape index (κ2) is 7.08. The lowest BCUT2D eigenvalue weighted by atomic mass is 10.1. The van der Waals surface area contributed by atoms with E-state index < -0.39 is 17.8 Å². The van der Waals surface area contributed by atoms with Crippen LogP contribution in [0.25, 0.3) is 0 Å². The van der Waals surface area contributed by atoms with E-state index in [1.807, 2.05) is 0 Å². The Balaban J connectivity index is 2.47. The summed E-state index contributed by atoms with van der Waals surface area (Å²) in [6, 6.07) is 3.42. The van der Waals surface area contributed by atoms with Crippen LogP contribution in [-0.4, -0.2) is 23.7 Å². The van der Waals surface area contributed by atoms with Gasteiger partial charge in [-0.2, -0.15) is 0 Å². The summed E-state index contributed by atoms with van der Waals surface area (Å²) in [5.74, 6) is -1.56. The van der Waals surface area contributed by atoms with Crippen LogP contribution in [0.3, 0.4) is 0 Å². The predicted molar refractivity (Wildman–Crippen MR) is 72.5 cm³/mol. The number of rotatable bonds is 5. The number of aliphatic carboxylic acids is 1. The molecule has 0 spiro atoms. The van der Waals surface area contributed by atoms with Gasteiger partial charge < -0.3 is 15.7 Å². The fourth-order valence-corrected chi connectivity index (χ4v) is 1.74. The van der Waals surface area contributed by atoms with Crippen LogP contribution in [0.15, 0.2) is 22.7 Å². The number of carboxylic acid groups (broad SMARTS) is 1. The second-order valence-electron chi connectivity index (χ2n) is 4.16. The molecule has 0 saturated heterocycles. The highest BCUT2D eigenvalue weighted by Crippen LogP contribution is 2.22. The molecule has 5 nitrogen and oxygen atoms in total. The van der Waals surface area contributed by atoms with E-state index in [2.05, 4.69) is 26.6 Å². The van der Waals surface area contributed by atoms with Gasteiger partial charge in [0, 0.05) is 17.4 Å². The number of hydrogen-bond acceptors (Lipinski definition) is 2. The van der Waals surface area contributed by atoms with Crippen LogP contribution >= 0.6 is 15.9 Å². The lowest BCUT2D eigenvalue weighted by molar-refractivity contribution is -0.137. The Kier molecular flexibility index (Phi) is 5.75. The average molecular weight is 333 g/mol. The van der Waals surface area contributed by atoms with Gasteiger partial charge in [0.2, 0.25) is 0 Å². The van der Waals surface area contributed by atoms with Crippen molar-refractivity contribution in [3.05, 3.63) is 28.5 Å². The minimum Gasteiger partial charge on any atom is -0.481 e. The summed E-state index contributed by atoms with van der Waals surface area (Å²) in [6.45, 7) is 1.94. The number of urea groups is 1. The first-order valence-electron chi connectivity index (χ1n) is 5.60. The lowest BCUT2D eigenvalue weighted by Crippen LogP contribution is -2.33. The van der Waals surface area contributed by atoms with Crippen molar-refractivity contribution in [2.24, 2.45) is 5.92 Å². The number of carbonyl (C=O) groups is 2. The fraction of sp³-hybridized carbons (Fsp3) is 0.333. The molecule has 0 aliphatic heterocycles. The monoisotopic (exact) mass is 332 g/mol. The lowest BCUT2D eigenvalue weighted by Gasteiger charge is -2.12. The van der Waals surface area contributed by atoms with Gasteiger partial charge in [-0.3, -0.25) is 4.79 Å². The molecule has 1 unspecified atom stereocenters. The molecule has 1 rings (SSSR count). The standard InChI is InChI=1S/C12H14BrFN2O3/c1-7(4-11(17)18)6-15-12(19)16-10-5-8(14)2-3-9(10)13/h2-3,5,7H,4,6H2,1H3,(H,17,18)(H2,15,16,19). The molecule has 19 heavy (non-hydrogen) atoms. The third kappa shape index (κ3) is 5.69. The molecule has 0 radical (unpaired) electrons. The highest BCUT2D eigenvalue weighted by atomic mass is 79.9. The van der Waals surface area contributed by atoms with E-state index in [4.69, 9.17) is 5.11 Å². The summed E-state index contributed by atoms with van der Waals surface area (Å²) >= 11 is 3.18. The van der Waals surface area contributed by atoms with Crippen LogP contribution < -0.4 is 10.6 Å². The normalized spacial score (nSPS) is 11.7. The molecule has 1 aromatic rings. The molecule has 1 atom stereocenters. The Hall–Kier alpha value is -1.63. The zero-order chi connectivity index (χ0) is 14.4. The third-order valence-electron chi connectivity index (χ3n) is 2.31. The van der Waals surface area contributed by atoms with Gasteiger partial charge in [0.15, 0.2) is 0 Å². The van der Waals surface area contributed by atoms with Crippen molar-refractivity contribution in [3.63, 3.8) is 0 Å². The zero-order valence-electron chi connectivity index (χ0n) is 10.2. The van der Waals surface area contributed by atoms with Crippen LogP contribution in [0.4, 0.5) is 14.9 Å². The largest absolute Gasteiger partial charge is 0.481 e. The number of nitrogens with one attached hydrogen (secondary N) is 2. The number of carbonyl (C=O) groups excluding carboxylic acids is 1. The summed E-state index contributed by atoms with van der Waals surface area (Å²) in [4.78, 5) is 22.0. The molecule has 3 N–H and O–H groups in total. The molecule has 0 aliphatic carbocycles. The van der Waals surface area contributed by atoms with E-state index in [9.17, 15) is 14.0 Å². The minimum atomic E-state index is -0.914. The number of carboxylic acids is 1. The van der Waals surface area contributed by atoms with Gasteiger partial charge in [0.05, 0.1) is 5.69 Å². The summed E-state index contributed by atoms with van der Waals surface area (Å²) in [7, 11) is 0. The van der Waals surface area contributed by atoms with Crippen molar-refractivity contribution in [2.45, 2.75) is 13.3 Å². The van der Waals surface area contributed by atoms with Crippen molar-refractivity contribution in [2.75, 3.05) is 11.9 Å². The van der Waals surface area contributed by atoms with Gasteiger partial charge in [0.25, 0.3) is 0 Å². The molecule has 104 valence electrons. The maximum absolute atomic E-state index is 13.0. The van der Waals surface area contributed by atoms with Crippen molar-refractivity contribution in [3.8, 4) is 0 Å². The number of anilines is 1. The summed E-state index contributed by atoms with van der Waals surface area (Å²) in [5, 5.41) is 13.6. The molecule has 0 fully saturated rings. The quantitative estimate of drug-likeness (QED) is 0.775. The van der Waals surface area contributed by atoms with E-state index in [0.29, 0.717) is 10.2 Å². The number of amides is 2. The van der Waals surface area contributed by atoms with E-state index in [-0.39, 0.29) is 18.9 Å². The Labute approximate surface area is 118 Å². The van der Waals surface area contributed by atoms with Gasteiger partial charge in [-0.25, -0.2) is 9.18 Å². The number of halogens is 2. The van der Waals surface area contributed by atoms with Crippen molar-refractivity contribution < 1.29 is 19.1 Å². The second-order valence-corrected chi connectivity index (χ2v) is 5.02. The van der Waals surface area contributed by atoms with Crippen molar-refractivity contribution in [1.29, 1.82) is 0 Å². The Morgan fingerprint density at radius 2 is 2.16 bits per heavy atom. The smallest absolute Gasteiger partial charge is 0.319 e.